The third-order valence-electron chi connectivity index (χ3n) is 3.41. The van der Waals surface area contributed by atoms with Crippen LogP contribution in [-0.4, -0.2) is 28.9 Å². The molecule has 4 nitrogen and oxygen atoms in total. The molecule has 1 saturated carbocycles. The molecule has 1 aliphatic rings. The zero-order chi connectivity index (χ0) is 14.2. The summed E-state index contributed by atoms with van der Waals surface area (Å²) >= 11 is 0. The lowest BCUT2D eigenvalue weighted by molar-refractivity contribution is -0.141. The second kappa shape index (κ2) is 4.99. The Hall–Kier alpha value is -1.91. The van der Waals surface area contributed by atoms with Gasteiger partial charge in [0.25, 0.3) is 0 Å². The van der Waals surface area contributed by atoms with Crippen molar-refractivity contribution in [1.29, 1.82) is 0 Å². The molecule has 19 heavy (non-hydrogen) atoms. The molecule has 1 N–H and O–H groups in total. The normalized spacial score (nSPS) is 21.0. The van der Waals surface area contributed by atoms with E-state index in [1.54, 1.807) is 19.2 Å². The van der Waals surface area contributed by atoms with Crippen molar-refractivity contribution in [3.63, 3.8) is 0 Å². The Bertz CT molecular complexity index is 529. The molecule has 2 rings (SSSR count). The molecule has 1 aromatic carbocycles. The summed E-state index contributed by atoms with van der Waals surface area (Å²) in [5.41, 5.74) is 1.37. The number of carbonyl (C=O) groups excluding carboxylic acids is 1. The number of amides is 1. The second-order valence-corrected chi connectivity index (χ2v) is 5.08. The summed E-state index contributed by atoms with van der Waals surface area (Å²) < 4.78 is 13.6. The summed E-state index contributed by atoms with van der Waals surface area (Å²) in [6, 6.07) is 4.74. The topological polar surface area (TPSA) is 57.6 Å². The van der Waals surface area contributed by atoms with Crippen LogP contribution in [0.4, 0.5) is 4.39 Å². The predicted molar refractivity (Wildman–Crippen MR) is 66.8 cm³/mol. The molecule has 1 amide bonds. The van der Waals surface area contributed by atoms with E-state index in [1.165, 1.54) is 11.0 Å². The van der Waals surface area contributed by atoms with Crippen LogP contribution in [0, 0.1) is 24.6 Å². The first-order valence-corrected chi connectivity index (χ1v) is 6.13. The molecular weight excluding hydrogens is 249 g/mol. The zero-order valence-electron chi connectivity index (χ0n) is 10.9. The van der Waals surface area contributed by atoms with Gasteiger partial charge in [0.1, 0.15) is 5.82 Å². The van der Waals surface area contributed by atoms with Crippen molar-refractivity contribution in [3.8, 4) is 0 Å². The summed E-state index contributed by atoms with van der Waals surface area (Å²) in [6.45, 7) is 2.02. The Morgan fingerprint density at radius 3 is 2.68 bits per heavy atom. The summed E-state index contributed by atoms with van der Waals surface area (Å²) in [5.74, 6) is -2.54. The van der Waals surface area contributed by atoms with Crippen LogP contribution < -0.4 is 0 Å². The molecule has 0 spiro atoms. The third-order valence-corrected chi connectivity index (χ3v) is 3.41. The summed E-state index contributed by atoms with van der Waals surface area (Å²) in [5, 5.41) is 8.79. The summed E-state index contributed by atoms with van der Waals surface area (Å²) in [4.78, 5) is 24.1. The number of aryl methyl sites for hydroxylation is 1. The number of rotatable bonds is 4. The van der Waals surface area contributed by atoms with E-state index in [0.29, 0.717) is 12.0 Å². The highest BCUT2D eigenvalue weighted by Crippen LogP contribution is 2.40. The number of nitrogens with zero attached hydrogens (tertiary/aromatic N) is 1. The van der Waals surface area contributed by atoms with Crippen LogP contribution in [0.25, 0.3) is 0 Å². The van der Waals surface area contributed by atoms with Crippen LogP contribution in [0.5, 0.6) is 0 Å². The van der Waals surface area contributed by atoms with E-state index in [9.17, 15) is 14.0 Å². The van der Waals surface area contributed by atoms with Gasteiger partial charge in [-0.2, -0.15) is 0 Å². The number of carboxylic acid groups (broad SMARTS) is 1. The maximum absolute atomic E-state index is 13.6. The van der Waals surface area contributed by atoms with Crippen molar-refractivity contribution in [2.24, 2.45) is 11.8 Å². The second-order valence-electron chi connectivity index (χ2n) is 5.08. The Morgan fingerprint density at radius 2 is 2.11 bits per heavy atom. The monoisotopic (exact) mass is 265 g/mol. The van der Waals surface area contributed by atoms with E-state index in [1.807, 2.05) is 6.92 Å². The number of hydrogen-bond donors (Lipinski definition) is 1. The van der Waals surface area contributed by atoms with Crippen molar-refractivity contribution >= 4 is 11.9 Å². The van der Waals surface area contributed by atoms with Gasteiger partial charge in [0.15, 0.2) is 0 Å². The summed E-state index contributed by atoms with van der Waals surface area (Å²) in [6.07, 6.45) is 0.384. The molecule has 2 atom stereocenters. The highest BCUT2D eigenvalue weighted by Gasteiger charge is 2.49. The lowest BCUT2D eigenvalue weighted by atomic mass is 10.1. The molecule has 0 saturated heterocycles. The Kier molecular flexibility index (Phi) is 3.55. The van der Waals surface area contributed by atoms with Gasteiger partial charge in [0, 0.05) is 19.2 Å². The number of aliphatic carboxylic acids is 1. The van der Waals surface area contributed by atoms with E-state index in [-0.39, 0.29) is 18.3 Å². The van der Waals surface area contributed by atoms with Gasteiger partial charge in [-0.15, -0.1) is 0 Å². The fourth-order valence-electron chi connectivity index (χ4n) is 2.18. The molecule has 1 aromatic rings. The minimum Gasteiger partial charge on any atom is -0.481 e. The van der Waals surface area contributed by atoms with Crippen LogP contribution in [-0.2, 0) is 16.1 Å². The van der Waals surface area contributed by atoms with Gasteiger partial charge in [0.05, 0.1) is 11.8 Å². The Labute approximate surface area is 110 Å². The molecular formula is C14H16FNO3. The van der Waals surface area contributed by atoms with Crippen LogP contribution in [0.15, 0.2) is 18.2 Å². The number of hydrogen-bond acceptors (Lipinski definition) is 2. The van der Waals surface area contributed by atoms with Crippen molar-refractivity contribution < 1.29 is 19.1 Å². The van der Waals surface area contributed by atoms with Crippen molar-refractivity contribution in [1.82, 2.24) is 4.90 Å². The summed E-state index contributed by atoms with van der Waals surface area (Å²) in [7, 11) is 1.57. The van der Waals surface area contributed by atoms with E-state index in [4.69, 9.17) is 5.11 Å². The molecule has 0 aromatic heterocycles. The number of halogens is 1. The lowest BCUT2D eigenvalue weighted by Crippen LogP contribution is -2.29. The van der Waals surface area contributed by atoms with E-state index < -0.39 is 17.8 Å². The largest absolute Gasteiger partial charge is 0.481 e. The minimum atomic E-state index is -0.937. The fourth-order valence-corrected chi connectivity index (χ4v) is 2.18. The van der Waals surface area contributed by atoms with E-state index in [0.717, 1.165) is 5.56 Å². The Morgan fingerprint density at radius 1 is 1.42 bits per heavy atom. The molecule has 2 unspecified atom stereocenters. The van der Waals surface area contributed by atoms with Crippen LogP contribution in [0.1, 0.15) is 17.5 Å². The highest BCUT2D eigenvalue weighted by molar-refractivity contribution is 5.89. The first kappa shape index (κ1) is 13.5. The first-order chi connectivity index (χ1) is 8.90. The SMILES string of the molecule is Cc1ccc(F)c(CN(C)C(=O)C2CC2C(=O)O)c1. The minimum absolute atomic E-state index is 0.162. The molecule has 1 aliphatic carbocycles. The van der Waals surface area contributed by atoms with Gasteiger partial charge in [0.2, 0.25) is 5.91 Å². The lowest BCUT2D eigenvalue weighted by Gasteiger charge is -2.18. The van der Waals surface area contributed by atoms with Crippen molar-refractivity contribution in [2.75, 3.05) is 7.05 Å². The van der Waals surface area contributed by atoms with E-state index >= 15 is 0 Å². The molecule has 1 fully saturated rings. The van der Waals surface area contributed by atoms with Gasteiger partial charge >= 0.3 is 5.97 Å². The molecule has 5 heteroatoms. The van der Waals surface area contributed by atoms with Crippen molar-refractivity contribution in [3.05, 3.63) is 35.1 Å². The highest BCUT2D eigenvalue weighted by atomic mass is 19.1. The van der Waals surface area contributed by atoms with Crippen molar-refractivity contribution in [2.45, 2.75) is 19.9 Å². The average Bonchev–Trinajstić information content (AvgIpc) is 3.13. The first-order valence-electron chi connectivity index (χ1n) is 6.13. The molecule has 0 heterocycles. The van der Waals surface area contributed by atoms with Crippen LogP contribution in [0.2, 0.25) is 0 Å². The van der Waals surface area contributed by atoms with Crippen LogP contribution >= 0.6 is 0 Å². The smallest absolute Gasteiger partial charge is 0.307 e. The molecule has 102 valence electrons. The maximum atomic E-state index is 13.6. The molecule has 0 aliphatic heterocycles. The van der Waals surface area contributed by atoms with Gasteiger partial charge in [-0.25, -0.2) is 4.39 Å². The molecule has 0 radical (unpaired) electrons. The van der Waals surface area contributed by atoms with Crippen LogP contribution in [0.3, 0.4) is 0 Å². The quantitative estimate of drug-likeness (QED) is 0.903. The third kappa shape index (κ3) is 2.92. The van der Waals surface area contributed by atoms with Gasteiger partial charge in [-0.3, -0.25) is 9.59 Å². The number of carbonyl (C=O) groups is 2. The van der Waals surface area contributed by atoms with E-state index in [2.05, 4.69) is 0 Å². The standard InChI is InChI=1S/C14H16FNO3/c1-8-3-4-12(15)9(5-8)7-16(2)13(17)10-6-11(10)14(18)19/h3-5,10-11H,6-7H2,1-2H3,(H,18,19). The Balaban J connectivity index is 2.01. The van der Waals surface area contributed by atoms with Gasteiger partial charge < -0.3 is 10.0 Å². The number of carboxylic acids is 1. The van der Waals surface area contributed by atoms with Gasteiger partial charge in [-0.1, -0.05) is 17.7 Å². The predicted octanol–water partition coefficient (Wildman–Crippen LogP) is 1.81. The number of benzene rings is 1. The fraction of sp³-hybridized carbons (Fsp3) is 0.429. The molecule has 0 bridgehead atoms. The van der Waals surface area contributed by atoms with Gasteiger partial charge in [-0.05, 0) is 19.4 Å². The maximum Gasteiger partial charge on any atom is 0.307 e. The average molecular weight is 265 g/mol. The zero-order valence-corrected chi connectivity index (χ0v) is 10.9.